The van der Waals surface area contributed by atoms with Gasteiger partial charge in [-0.15, -0.1) is 0 Å². The summed E-state index contributed by atoms with van der Waals surface area (Å²) < 4.78 is 0. The summed E-state index contributed by atoms with van der Waals surface area (Å²) in [5.41, 5.74) is 8.95. The second kappa shape index (κ2) is 5.92. The number of aryl methyl sites for hydroxylation is 2. The molecule has 0 spiro atoms. The van der Waals surface area contributed by atoms with Gasteiger partial charge in [0.2, 0.25) is 0 Å². The molecule has 104 valence electrons. The molecule has 4 nitrogen and oxygen atoms in total. The molecule has 1 aromatic carbocycles. The van der Waals surface area contributed by atoms with Gasteiger partial charge in [-0.05, 0) is 36.6 Å². The van der Waals surface area contributed by atoms with Crippen molar-refractivity contribution in [2.24, 2.45) is 0 Å². The van der Waals surface area contributed by atoms with E-state index in [0.29, 0.717) is 5.56 Å². The number of nitrogens with two attached hydrogens (primary N) is 1. The van der Waals surface area contributed by atoms with Crippen LogP contribution in [0.2, 0.25) is 5.15 Å². The highest BCUT2D eigenvalue weighted by Crippen LogP contribution is 2.22. The fourth-order valence-electron chi connectivity index (χ4n) is 2.04. The van der Waals surface area contributed by atoms with Crippen molar-refractivity contribution in [3.05, 3.63) is 52.2 Å². The molecular weight excluding hydrogens is 274 g/mol. The van der Waals surface area contributed by atoms with E-state index < -0.39 is 0 Å². The fourth-order valence-corrected chi connectivity index (χ4v) is 2.25. The maximum absolute atomic E-state index is 12.3. The number of halogens is 1. The van der Waals surface area contributed by atoms with Crippen molar-refractivity contribution in [3.8, 4) is 0 Å². The van der Waals surface area contributed by atoms with Gasteiger partial charge in [-0.2, -0.15) is 0 Å². The molecule has 0 saturated heterocycles. The van der Waals surface area contributed by atoms with Crippen LogP contribution in [0.25, 0.3) is 0 Å². The minimum atomic E-state index is -0.245. The molecule has 0 unspecified atom stereocenters. The van der Waals surface area contributed by atoms with Crippen molar-refractivity contribution in [2.45, 2.75) is 20.3 Å². The zero-order valence-corrected chi connectivity index (χ0v) is 12.2. The number of anilines is 2. The van der Waals surface area contributed by atoms with Gasteiger partial charge in [0.1, 0.15) is 11.0 Å². The first-order valence-electron chi connectivity index (χ1n) is 6.34. The molecule has 0 aliphatic heterocycles. The number of rotatable bonds is 3. The summed E-state index contributed by atoms with van der Waals surface area (Å²) in [6.45, 7) is 4.01. The number of nitrogens with one attached hydrogen (secondary N) is 1. The van der Waals surface area contributed by atoms with Crippen LogP contribution in [0.5, 0.6) is 0 Å². The summed E-state index contributed by atoms with van der Waals surface area (Å²) in [5.74, 6) is -0.0202. The predicted octanol–water partition coefficient (Wildman–Crippen LogP) is 3.44. The van der Waals surface area contributed by atoms with Gasteiger partial charge in [0.05, 0.1) is 0 Å². The molecule has 1 heterocycles. The van der Waals surface area contributed by atoms with Crippen LogP contribution in [0, 0.1) is 6.92 Å². The average molecular weight is 290 g/mol. The van der Waals surface area contributed by atoms with Crippen LogP contribution in [0.4, 0.5) is 11.5 Å². The first kappa shape index (κ1) is 14.3. The van der Waals surface area contributed by atoms with E-state index >= 15 is 0 Å². The molecule has 0 saturated carbocycles. The van der Waals surface area contributed by atoms with Gasteiger partial charge < -0.3 is 11.1 Å². The first-order valence-corrected chi connectivity index (χ1v) is 6.72. The Morgan fingerprint density at radius 1 is 1.40 bits per heavy atom. The van der Waals surface area contributed by atoms with Crippen molar-refractivity contribution in [2.75, 3.05) is 11.1 Å². The lowest BCUT2D eigenvalue weighted by atomic mass is 10.1. The van der Waals surface area contributed by atoms with Crippen molar-refractivity contribution in [1.29, 1.82) is 0 Å². The van der Waals surface area contributed by atoms with Gasteiger partial charge in [-0.25, -0.2) is 4.98 Å². The first-order chi connectivity index (χ1) is 9.51. The lowest BCUT2D eigenvalue weighted by Crippen LogP contribution is -2.15. The zero-order valence-electron chi connectivity index (χ0n) is 11.4. The minimum absolute atomic E-state index is 0.204. The lowest BCUT2D eigenvalue weighted by molar-refractivity contribution is 0.102. The van der Waals surface area contributed by atoms with Crippen molar-refractivity contribution >= 4 is 29.0 Å². The third-order valence-corrected chi connectivity index (χ3v) is 3.25. The summed E-state index contributed by atoms with van der Waals surface area (Å²) in [4.78, 5) is 16.1. The lowest BCUT2D eigenvalue weighted by Gasteiger charge is -2.13. The van der Waals surface area contributed by atoms with Crippen LogP contribution < -0.4 is 11.1 Å². The molecule has 3 N–H and O–H groups in total. The van der Waals surface area contributed by atoms with E-state index in [-0.39, 0.29) is 16.9 Å². The standard InChI is InChI=1S/C15H16ClN3O/c1-3-10-6-4-5-9(2)14(10)19-15(20)11-7-12(16)18-13(17)8-11/h4-8H,3H2,1-2H3,(H2,17,18)(H,19,20). The molecule has 0 fully saturated rings. The molecule has 5 heteroatoms. The monoisotopic (exact) mass is 289 g/mol. The highest BCUT2D eigenvalue weighted by Gasteiger charge is 2.12. The summed E-state index contributed by atoms with van der Waals surface area (Å²) in [6, 6.07) is 8.94. The Hall–Kier alpha value is -2.07. The van der Waals surface area contributed by atoms with Crippen LogP contribution in [0.15, 0.2) is 30.3 Å². The Labute approximate surface area is 123 Å². The second-order valence-corrected chi connectivity index (χ2v) is 4.91. The smallest absolute Gasteiger partial charge is 0.255 e. The summed E-state index contributed by atoms with van der Waals surface area (Å²) in [7, 11) is 0. The Morgan fingerprint density at radius 3 is 2.80 bits per heavy atom. The molecule has 0 bridgehead atoms. The van der Waals surface area contributed by atoms with E-state index in [1.807, 2.05) is 32.0 Å². The van der Waals surface area contributed by atoms with Gasteiger partial charge in [-0.1, -0.05) is 36.7 Å². The number of pyridine rings is 1. The van der Waals surface area contributed by atoms with E-state index in [1.54, 1.807) is 0 Å². The molecule has 2 rings (SSSR count). The number of benzene rings is 1. The van der Waals surface area contributed by atoms with E-state index in [1.165, 1.54) is 12.1 Å². The number of carbonyl (C=O) groups excluding carboxylic acids is 1. The van der Waals surface area contributed by atoms with Gasteiger partial charge in [0, 0.05) is 11.3 Å². The normalized spacial score (nSPS) is 10.3. The van der Waals surface area contributed by atoms with Crippen molar-refractivity contribution < 1.29 is 4.79 Å². The number of carbonyl (C=O) groups is 1. The number of aromatic nitrogens is 1. The van der Waals surface area contributed by atoms with Crippen LogP contribution >= 0.6 is 11.6 Å². The highest BCUT2D eigenvalue weighted by molar-refractivity contribution is 6.30. The molecule has 0 atom stereocenters. The van der Waals surface area contributed by atoms with E-state index in [2.05, 4.69) is 10.3 Å². The number of nitrogen functional groups attached to an aromatic ring is 1. The van der Waals surface area contributed by atoms with Crippen LogP contribution in [-0.2, 0) is 6.42 Å². The second-order valence-electron chi connectivity index (χ2n) is 4.52. The number of nitrogens with zero attached hydrogens (tertiary/aromatic N) is 1. The molecule has 1 amide bonds. The Kier molecular flexibility index (Phi) is 4.25. The topological polar surface area (TPSA) is 68.0 Å². The van der Waals surface area contributed by atoms with Crippen LogP contribution in [-0.4, -0.2) is 10.9 Å². The third kappa shape index (κ3) is 3.08. The summed E-state index contributed by atoms with van der Waals surface area (Å²) in [6.07, 6.45) is 0.844. The fraction of sp³-hybridized carbons (Fsp3) is 0.200. The van der Waals surface area contributed by atoms with Gasteiger partial charge in [0.25, 0.3) is 5.91 Å². The zero-order chi connectivity index (χ0) is 14.7. The molecule has 0 radical (unpaired) electrons. The van der Waals surface area contributed by atoms with Gasteiger partial charge in [0.15, 0.2) is 0 Å². The molecular formula is C15H16ClN3O. The quantitative estimate of drug-likeness (QED) is 0.851. The van der Waals surface area contributed by atoms with E-state index in [0.717, 1.165) is 23.2 Å². The highest BCUT2D eigenvalue weighted by atomic mass is 35.5. The van der Waals surface area contributed by atoms with E-state index in [9.17, 15) is 4.79 Å². The number of hydrogen-bond donors (Lipinski definition) is 2. The Bertz CT molecular complexity index is 635. The molecule has 2 aromatic rings. The molecule has 0 aliphatic rings. The molecule has 0 aliphatic carbocycles. The number of hydrogen-bond acceptors (Lipinski definition) is 3. The average Bonchev–Trinajstić information content (AvgIpc) is 2.39. The Balaban J connectivity index is 2.32. The molecule has 1 aromatic heterocycles. The third-order valence-electron chi connectivity index (χ3n) is 3.05. The SMILES string of the molecule is CCc1cccc(C)c1NC(=O)c1cc(N)nc(Cl)c1. The minimum Gasteiger partial charge on any atom is -0.384 e. The van der Waals surface area contributed by atoms with Gasteiger partial charge >= 0.3 is 0 Å². The largest absolute Gasteiger partial charge is 0.384 e. The van der Waals surface area contributed by atoms with Crippen LogP contribution in [0.3, 0.4) is 0 Å². The predicted molar refractivity (Wildman–Crippen MR) is 82.2 cm³/mol. The number of para-hydroxylation sites is 1. The van der Waals surface area contributed by atoms with Crippen LogP contribution in [0.1, 0.15) is 28.4 Å². The summed E-state index contributed by atoms with van der Waals surface area (Å²) in [5, 5.41) is 3.12. The maximum Gasteiger partial charge on any atom is 0.255 e. The number of amides is 1. The summed E-state index contributed by atoms with van der Waals surface area (Å²) >= 11 is 5.82. The Morgan fingerprint density at radius 2 is 2.15 bits per heavy atom. The molecule has 20 heavy (non-hydrogen) atoms. The van der Waals surface area contributed by atoms with Crippen molar-refractivity contribution in [3.63, 3.8) is 0 Å². The van der Waals surface area contributed by atoms with Crippen molar-refractivity contribution in [1.82, 2.24) is 4.98 Å². The maximum atomic E-state index is 12.3. The van der Waals surface area contributed by atoms with E-state index in [4.69, 9.17) is 17.3 Å². The van der Waals surface area contributed by atoms with Gasteiger partial charge in [-0.3, -0.25) is 4.79 Å².